The highest BCUT2D eigenvalue weighted by Crippen LogP contribution is 2.51. The van der Waals surface area contributed by atoms with E-state index in [4.69, 9.17) is 9.97 Å². The molecule has 9 aromatic carbocycles. The van der Waals surface area contributed by atoms with Gasteiger partial charge >= 0.3 is 0 Å². The van der Waals surface area contributed by atoms with Gasteiger partial charge in [-0.3, -0.25) is 4.57 Å². The number of fused-ring (bicyclic) bond motifs is 18. The molecule has 0 aliphatic carbocycles. The Morgan fingerprint density at radius 3 is 1.97 bits per heavy atom. The maximum Gasteiger partial charge on any atom is 0.162 e. The Balaban J connectivity index is 1.16. The lowest BCUT2D eigenvalue weighted by atomic mass is 9.94. The summed E-state index contributed by atoms with van der Waals surface area (Å²) in [5, 5.41) is 13.8. The van der Waals surface area contributed by atoms with Gasteiger partial charge in [0.05, 0.1) is 25.9 Å². The van der Waals surface area contributed by atoms with Crippen LogP contribution in [0.4, 0.5) is 0 Å². The topological polar surface area (TPSA) is 30.7 Å². The third-order valence-electron chi connectivity index (χ3n) is 12.4. The van der Waals surface area contributed by atoms with E-state index in [2.05, 4.69) is 180 Å². The molecule has 0 saturated carbocycles. The van der Waals surface area contributed by atoms with E-state index in [0.717, 1.165) is 32.9 Å². The first-order valence-electron chi connectivity index (χ1n) is 20.2. The van der Waals surface area contributed by atoms with Crippen molar-refractivity contribution in [1.82, 2.24) is 14.5 Å². The van der Waals surface area contributed by atoms with Gasteiger partial charge in [-0.1, -0.05) is 146 Å². The second-order valence-corrected chi connectivity index (χ2v) is 18.8. The Labute approximate surface area is 354 Å². The number of hydrogen-bond acceptors (Lipinski definition) is 5. The number of nitrogens with zero attached hydrogens (tertiary/aromatic N) is 3. The quantitative estimate of drug-likeness (QED) is 0.178. The molecule has 0 bridgehead atoms. The molecule has 0 radical (unpaired) electrons. The summed E-state index contributed by atoms with van der Waals surface area (Å²) in [7, 11) is 0. The Kier molecular flexibility index (Phi) is 6.74. The summed E-state index contributed by atoms with van der Waals surface area (Å²) < 4.78 is 9.98. The van der Waals surface area contributed by atoms with Crippen molar-refractivity contribution in [3.63, 3.8) is 0 Å². The minimum Gasteiger partial charge on any atom is -0.291 e. The van der Waals surface area contributed by atoms with Crippen LogP contribution in [0.25, 0.3) is 132 Å². The fraction of sp³-hybridized carbons (Fsp3) is 0. The van der Waals surface area contributed by atoms with Gasteiger partial charge in [0.1, 0.15) is 0 Å². The number of rotatable bonds is 3. The molecule has 5 aromatic heterocycles. The molecule has 0 amide bonds. The van der Waals surface area contributed by atoms with Crippen molar-refractivity contribution in [3.8, 4) is 28.3 Å². The van der Waals surface area contributed by atoms with Crippen molar-refractivity contribution >= 4 is 138 Å². The van der Waals surface area contributed by atoms with Crippen LogP contribution in [-0.4, -0.2) is 14.5 Å². The molecule has 3 nitrogen and oxygen atoms in total. The van der Waals surface area contributed by atoms with Gasteiger partial charge in [-0.05, 0) is 63.0 Å². The van der Waals surface area contributed by atoms with E-state index in [0.29, 0.717) is 0 Å². The van der Waals surface area contributed by atoms with Crippen molar-refractivity contribution in [3.05, 3.63) is 176 Å². The summed E-state index contributed by atoms with van der Waals surface area (Å²) in [5.74, 6) is 1.64. The van der Waals surface area contributed by atoms with Crippen molar-refractivity contribution in [2.75, 3.05) is 0 Å². The van der Waals surface area contributed by atoms with Gasteiger partial charge < -0.3 is 0 Å². The molecule has 0 unspecified atom stereocenters. The van der Waals surface area contributed by atoms with Crippen LogP contribution in [-0.2, 0) is 0 Å². The fourth-order valence-electron chi connectivity index (χ4n) is 9.80. The van der Waals surface area contributed by atoms with Gasteiger partial charge in [0.2, 0.25) is 0 Å². The highest BCUT2D eigenvalue weighted by atomic mass is 32.1. The lowest BCUT2D eigenvalue weighted by Crippen LogP contribution is -2.01. The Bertz CT molecular complexity index is 4130. The molecule has 60 heavy (non-hydrogen) atoms. The largest absolute Gasteiger partial charge is 0.291 e. The molecule has 0 saturated heterocycles. The first-order valence-corrected chi connectivity index (χ1v) is 22.6. The molecular formula is C54H29N3S3. The summed E-state index contributed by atoms with van der Waals surface area (Å²) in [5.41, 5.74) is 6.84. The molecular weight excluding hydrogens is 787 g/mol. The predicted molar refractivity (Wildman–Crippen MR) is 261 cm³/mol. The molecule has 0 N–H and O–H groups in total. The van der Waals surface area contributed by atoms with Crippen molar-refractivity contribution in [1.29, 1.82) is 0 Å². The van der Waals surface area contributed by atoms with Crippen LogP contribution in [0, 0.1) is 0 Å². The molecule has 14 rings (SSSR count). The van der Waals surface area contributed by atoms with E-state index >= 15 is 0 Å². The molecule has 0 aliphatic heterocycles. The van der Waals surface area contributed by atoms with Crippen LogP contribution in [0.3, 0.4) is 0 Å². The first kappa shape index (κ1) is 32.9. The molecule has 6 heteroatoms. The highest BCUT2D eigenvalue weighted by molar-refractivity contribution is 7.27. The molecule has 14 aromatic rings. The number of benzene rings is 9. The summed E-state index contributed by atoms with van der Waals surface area (Å²) in [6, 6.07) is 64.3. The van der Waals surface area contributed by atoms with Crippen molar-refractivity contribution in [2.45, 2.75) is 0 Å². The first-order chi connectivity index (χ1) is 29.8. The van der Waals surface area contributed by atoms with Crippen LogP contribution in [0.2, 0.25) is 0 Å². The Hall–Kier alpha value is -6.96. The SMILES string of the molecule is c1ccc(-c2nc(-n3c4ccccc4c4c5ccc(-c6cccc7c6sc6ccccc67)cc5c5c6ccccc6sc5c43)c3sc4ccc5ccccc5c4c3n2)cc1. The molecule has 278 valence electrons. The second kappa shape index (κ2) is 12.3. The molecule has 5 heterocycles. The lowest BCUT2D eigenvalue weighted by Gasteiger charge is -2.13. The van der Waals surface area contributed by atoms with Crippen LogP contribution in [0.5, 0.6) is 0 Å². The third-order valence-corrected chi connectivity index (χ3v) is 15.9. The normalized spacial score (nSPS) is 12.3. The predicted octanol–water partition coefficient (Wildman–Crippen LogP) is 16.3. The monoisotopic (exact) mass is 815 g/mol. The van der Waals surface area contributed by atoms with Crippen molar-refractivity contribution < 1.29 is 0 Å². The van der Waals surface area contributed by atoms with Gasteiger partial charge in [-0.2, -0.15) is 0 Å². The average molecular weight is 816 g/mol. The number of para-hydroxylation sites is 1. The molecule has 0 atom stereocenters. The number of thiophene rings is 3. The zero-order valence-electron chi connectivity index (χ0n) is 31.8. The van der Waals surface area contributed by atoms with Gasteiger partial charge in [0.25, 0.3) is 0 Å². The highest BCUT2D eigenvalue weighted by Gasteiger charge is 2.26. The van der Waals surface area contributed by atoms with E-state index in [1.54, 1.807) is 11.3 Å². The van der Waals surface area contributed by atoms with Crippen molar-refractivity contribution in [2.24, 2.45) is 0 Å². The maximum atomic E-state index is 5.60. The Morgan fingerprint density at radius 2 is 1.08 bits per heavy atom. The fourth-order valence-corrected chi connectivity index (χ4v) is 13.4. The van der Waals surface area contributed by atoms with Crippen LogP contribution in [0.15, 0.2) is 176 Å². The standard InChI is InChI=1S/C54H29N3S3/c1-2-14-31(15-3-1)53-55-48-47-33-16-5-4-13-30(33)26-28-44(47)60-52(48)54(56-53)57-41-22-9-6-18-38(41)45-36-27-25-32(34-20-12-21-37-35-17-7-10-23-42(35)58-50(34)37)29-40(36)46-39-19-8-11-24-43(39)59-51(46)49(45)57/h1-29H. The third kappa shape index (κ3) is 4.47. The van der Waals surface area contributed by atoms with Gasteiger partial charge in [0, 0.05) is 62.1 Å². The lowest BCUT2D eigenvalue weighted by molar-refractivity contribution is 1.09. The van der Waals surface area contributed by atoms with Gasteiger partial charge in [-0.25, -0.2) is 9.97 Å². The van der Waals surface area contributed by atoms with E-state index in [1.165, 1.54) is 99.4 Å². The van der Waals surface area contributed by atoms with E-state index in [1.807, 2.05) is 22.7 Å². The molecule has 0 spiro atoms. The van der Waals surface area contributed by atoms with Crippen LogP contribution in [0.1, 0.15) is 0 Å². The summed E-state index contributed by atoms with van der Waals surface area (Å²) in [6.07, 6.45) is 0. The zero-order valence-corrected chi connectivity index (χ0v) is 34.3. The van der Waals surface area contributed by atoms with Crippen LogP contribution >= 0.6 is 34.0 Å². The smallest absolute Gasteiger partial charge is 0.162 e. The van der Waals surface area contributed by atoms with Crippen LogP contribution < -0.4 is 0 Å². The summed E-state index contributed by atoms with van der Waals surface area (Å²) in [6.45, 7) is 0. The minimum absolute atomic E-state index is 0.727. The number of hydrogen-bond donors (Lipinski definition) is 0. The van der Waals surface area contributed by atoms with E-state index in [-0.39, 0.29) is 0 Å². The molecule has 0 fully saturated rings. The Morgan fingerprint density at radius 1 is 0.383 bits per heavy atom. The zero-order chi connectivity index (χ0) is 39.1. The van der Waals surface area contributed by atoms with Gasteiger partial charge in [-0.15, -0.1) is 34.0 Å². The average Bonchev–Trinajstić information content (AvgIpc) is 4.08. The summed E-state index contributed by atoms with van der Waals surface area (Å²) >= 11 is 5.58. The van der Waals surface area contributed by atoms with E-state index < -0.39 is 0 Å². The van der Waals surface area contributed by atoms with Gasteiger partial charge in [0.15, 0.2) is 11.6 Å². The minimum atomic E-state index is 0.727. The molecule has 0 aliphatic rings. The second-order valence-electron chi connectivity index (χ2n) is 15.6. The summed E-state index contributed by atoms with van der Waals surface area (Å²) in [4.78, 5) is 11.0. The maximum absolute atomic E-state index is 5.60. The number of aromatic nitrogens is 3. The van der Waals surface area contributed by atoms with E-state index in [9.17, 15) is 0 Å².